The molecule has 2 saturated carbocycles. The van der Waals surface area contributed by atoms with Crippen molar-refractivity contribution in [2.45, 2.75) is 62.4 Å². The first-order valence-electron chi connectivity index (χ1n) is 9.67. The average Bonchev–Trinajstić information content (AvgIpc) is 3.26. The van der Waals surface area contributed by atoms with Crippen LogP contribution in [0, 0.1) is 11.3 Å². The minimum absolute atomic E-state index is 0.193. The predicted molar refractivity (Wildman–Crippen MR) is 90.8 cm³/mol. The van der Waals surface area contributed by atoms with E-state index in [1.54, 1.807) is 0 Å². The van der Waals surface area contributed by atoms with E-state index in [9.17, 15) is 4.79 Å². The Hall–Kier alpha value is -1.23. The molecular weight excluding hydrogens is 316 g/mol. The molecule has 2 saturated heterocycles. The van der Waals surface area contributed by atoms with Gasteiger partial charge in [0.2, 0.25) is 5.79 Å². The number of Topliss-reactive ketones (excluding diaryl/α,β-unsaturated/α-hetero) is 1. The summed E-state index contributed by atoms with van der Waals surface area (Å²) < 4.78 is 18.6. The zero-order valence-electron chi connectivity index (χ0n) is 14.7. The SMILES string of the molecule is C[C@]12CCC3=CC4=CC5(C=C[C@]46CC[C@]3(O6)[C@@H]1CCC2=O)OCCO5. The van der Waals surface area contributed by atoms with Gasteiger partial charge in [0.25, 0.3) is 0 Å². The number of ether oxygens (including phenoxy) is 3. The molecule has 0 amide bonds. The Labute approximate surface area is 147 Å². The van der Waals surface area contributed by atoms with Crippen LogP contribution in [0.3, 0.4) is 0 Å². The third kappa shape index (κ3) is 1.62. The van der Waals surface area contributed by atoms with Gasteiger partial charge in [-0.05, 0) is 61.5 Å². The predicted octanol–water partition coefficient (Wildman–Crippen LogP) is 3.23. The molecule has 0 N–H and O–H groups in total. The fourth-order valence-corrected chi connectivity index (χ4v) is 6.46. The highest BCUT2D eigenvalue weighted by molar-refractivity contribution is 5.87. The van der Waals surface area contributed by atoms with Crippen LogP contribution in [0.4, 0.5) is 0 Å². The van der Waals surface area contributed by atoms with Gasteiger partial charge in [-0.15, -0.1) is 0 Å². The normalized spacial score (nSPS) is 48.8. The van der Waals surface area contributed by atoms with Crippen molar-refractivity contribution in [2.24, 2.45) is 11.3 Å². The van der Waals surface area contributed by atoms with Gasteiger partial charge < -0.3 is 14.2 Å². The van der Waals surface area contributed by atoms with Crippen molar-refractivity contribution >= 4 is 5.78 Å². The van der Waals surface area contributed by atoms with E-state index in [1.807, 2.05) is 6.08 Å². The Kier molecular flexibility index (Phi) is 2.59. The summed E-state index contributed by atoms with van der Waals surface area (Å²) >= 11 is 0. The van der Waals surface area contributed by atoms with Crippen LogP contribution >= 0.6 is 0 Å². The van der Waals surface area contributed by atoms with Gasteiger partial charge in [-0.3, -0.25) is 4.79 Å². The summed E-state index contributed by atoms with van der Waals surface area (Å²) in [5, 5.41) is 0. The van der Waals surface area contributed by atoms with Gasteiger partial charge in [0.15, 0.2) is 0 Å². The number of hydrogen-bond acceptors (Lipinski definition) is 4. The van der Waals surface area contributed by atoms with Crippen molar-refractivity contribution in [1.29, 1.82) is 0 Å². The second-order valence-electron chi connectivity index (χ2n) is 8.83. The van der Waals surface area contributed by atoms with Gasteiger partial charge in [-0.1, -0.05) is 13.0 Å². The minimum Gasteiger partial charge on any atom is -0.355 e. The van der Waals surface area contributed by atoms with Crippen LogP contribution in [0.2, 0.25) is 0 Å². The number of ketones is 1. The summed E-state index contributed by atoms with van der Waals surface area (Å²) in [4.78, 5) is 12.6. The molecule has 4 heteroatoms. The minimum atomic E-state index is -0.698. The van der Waals surface area contributed by atoms with Gasteiger partial charge in [0.05, 0.1) is 18.8 Å². The zero-order chi connectivity index (χ0) is 16.9. The molecule has 4 atom stereocenters. The Morgan fingerprint density at radius 1 is 1.08 bits per heavy atom. The zero-order valence-corrected chi connectivity index (χ0v) is 14.7. The van der Waals surface area contributed by atoms with Crippen molar-refractivity contribution in [2.75, 3.05) is 13.2 Å². The van der Waals surface area contributed by atoms with Crippen LogP contribution in [0.25, 0.3) is 0 Å². The third-order valence-electron chi connectivity index (χ3n) is 7.82. The summed E-state index contributed by atoms with van der Waals surface area (Å²) in [5.41, 5.74) is 1.80. The first kappa shape index (κ1) is 14.9. The van der Waals surface area contributed by atoms with E-state index in [1.165, 1.54) is 11.1 Å². The van der Waals surface area contributed by atoms with E-state index >= 15 is 0 Å². The van der Waals surface area contributed by atoms with Gasteiger partial charge >= 0.3 is 0 Å². The number of rotatable bonds is 0. The standard InChI is InChI=1S/C21H24O4/c1-18-5-4-14-12-15-13-20(23-10-11-24-20)8-6-19(15)7-9-21(14,25-19)16(18)2-3-17(18)22/h6,8,12-13,16H,2-5,7,9-11H2,1H3/t16-,18+,19+,21-/m1/s1. The Balaban J connectivity index is 1.49. The molecular formula is C21H24O4. The van der Waals surface area contributed by atoms with E-state index in [4.69, 9.17) is 14.2 Å². The molecule has 0 aromatic rings. The lowest BCUT2D eigenvalue weighted by molar-refractivity contribution is -0.144. The first-order valence-corrected chi connectivity index (χ1v) is 9.67. The molecule has 0 aromatic heterocycles. The maximum Gasteiger partial charge on any atom is 0.208 e. The van der Waals surface area contributed by atoms with Crippen LogP contribution in [0.1, 0.15) is 45.4 Å². The number of carbonyl (C=O) groups is 1. The molecule has 6 aliphatic rings. The average molecular weight is 340 g/mol. The second kappa shape index (κ2) is 4.36. The number of carbonyl (C=O) groups excluding carboxylic acids is 1. The van der Waals surface area contributed by atoms with Gasteiger partial charge in [-0.2, -0.15) is 0 Å². The fourth-order valence-electron chi connectivity index (χ4n) is 6.46. The molecule has 0 radical (unpaired) electrons. The summed E-state index contributed by atoms with van der Waals surface area (Å²) in [7, 11) is 0. The lowest BCUT2D eigenvalue weighted by atomic mass is 9.59. The second-order valence-corrected chi connectivity index (χ2v) is 8.83. The lowest BCUT2D eigenvalue weighted by Crippen LogP contribution is -2.54. The van der Waals surface area contributed by atoms with Crippen LogP contribution < -0.4 is 0 Å². The van der Waals surface area contributed by atoms with Crippen molar-refractivity contribution in [3.8, 4) is 0 Å². The molecule has 3 aliphatic heterocycles. The molecule has 25 heavy (non-hydrogen) atoms. The molecule has 3 spiro atoms. The summed E-state index contributed by atoms with van der Waals surface area (Å²) in [6.07, 6.45) is 14.3. The molecule has 2 bridgehead atoms. The van der Waals surface area contributed by atoms with Crippen LogP contribution in [0.15, 0.2) is 35.5 Å². The molecule has 4 nitrogen and oxygen atoms in total. The van der Waals surface area contributed by atoms with Crippen molar-refractivity contribution in [1.82, 2.24) is 0 Å². The van der Waals surface area contributed by atoms with Crippen LogP contribution in [-0.2, 0) is 19.0 Å². The first-order chi connectivity index (χ1) is 12.0. The van der Waals surface area contributed by atoms with Crippen LogP contribution in [0.5, 0.6) is 0 Å². The number of hydrogen-bond donors (Lipinski definition) is 0. The van der Waals surface area contributed by atoms with Crippen molar-refractivity contribution in [3.63, 3.8) is 0 Å². The van der Waals surface area contributed by atoms with Crippen LogP contribution in [-0.4, -0.2) is 36.0 Å². The monoisotopic (exact) mass is 340 g/mol. The van der Waals surface area contributed by atoms with E-state index in [0.717, 1.165) is 38.5 Å². The Morgan fingerprint density at radius 2 is 1.92 bits per heavy atom. The molecule has 0 unspecified atom stereocenters. The molecule has 3 aliphatic carbocycles. The van der Waals surface area contributed by atoms with Gasteiger partial charge in [-0.25, -0.2) is 0 Å². The van der Waals surface area contributed by atoms with E-state index in [0.29, 0.717) is 24.9 Å². The fraction of sp³-hybridized carbons (Fsp3) is 0.667. The quantitative estimate of drug-likeness (QED) is 0.635. The highest BCUT2D eigenvalue weighted by Crippen LogP contribution is 2.66. The largest absolute Gasteiger partial charge is 0.355 e. The smallest absolute Gasteiger partial charge is 0.208 e. The van der Waals surface area contributed by atoms with E-state index in [-0.39, 0.29) is 16.6 Å². The maximum absolute atomic E-state index is 12.6. The topological polar surface area (TPSA) is 44.8 Å². The van der Waals surface area contributed by atoms with Crippen molar-refractivity contribution in [3.05, 3.63) is 35.5 Å². The van der Waals surface area contributed by atoms with Gasteiger partial charge in [0.1, 0.15) is 11.4 Å². The molecule has 0 aromatic carbocycles. The number of fused-ring (bicyclic) bond motifs is 1. The molecule has 3 heterocycles. The van der Waals surface area contributed by atoms with Crippen molar-refractivity contribution < 1.29 is 19.0 Å². The highest BCUT2D eigenvalue weighted by Gasteiger charge is 2.67. The Morgan fingerprint density at radius 3 is 2.76 bits per heavy atom. The maximum atomic E-state index is 12.6. The molecule has 6 rings (SSSR count). The van der Waals surface area contributed by atoms with E-state index in [2.05, 4.69) is 25.2 Å². The highest BCUT2D eigenvalue weighted by atomic mass is 16.7. The van der Waals surface area contributed by atoms with Gasteiger partial charge in [0, 0.05) is 17.8 Å². The third-order valence-corrected chi connectivity index (χ3v) is 7.82. The molecule has 132 valence electrons. The molecule has 4 fully saturated rings. The summed E-state index contributed by atoms with van der Waals surface area (Å²) in [5.74, 6) is 0.0789. The summed E-state index contributed by atoms with van der Waals surface area (Å²) in [6, 6.07) is 0. The summed E-state index contributed by atoms with van der Waals surface area (Å²) in [6.45, 7) is 3.44. The van der Waals surface area contributed by atoms with E-state index < -0.39 is 5.79 Å². The Bertz CT molecular complexity index is 771. The lowest BCUT2D eigenvalue weighted by Gasteiger charge is -2.53.